The Hall–Kier alpha value is -1.82. The highest BCUT2D eigenvalue weighted by molar-refractivity contribution is 5.56. The number of nitro groups is 1. The zero-order chi connectivity index (χ0) is 11.5. The molecule has 0 saturated carbocycles. The first-order chi connectivity index (χ1) is 7.69. The maximum absolute atomic E-state index is 10.7. The second-order valence-corrected chi connectivity index (χ2v) is 3.50. The molecule has 0 amide bonds. The average Bonchev–Trinajstić information content (AvgIpc) is 2.23. The predicted octanol–water partition coefficient (Wildman–Crippen LogP) is 1.41. The van der Waals surface area contributed by atoms with Crippen LogP contribution in [0.4, 0.5) is 11.4 Å². The van der Waals surface area contributed by atoms with Crippen molar-refractivity contribution in [1.82, 2.24) is 0 Å². The molecular formula is C10H12N2O4. The molecule has 0 atom stereocenters. The maximum atomic E-state index is 10.7. The van der Waals surface area contributed by atoms with E-state index in [4.69, 9.17) is 9.47 Å². The fourth-order valence-corrected chi connectivity index (χ4v) is 1.38. The van der Waals surface area contributed by atoms with E-state index in [9.17, 15) is 10.1 Å². The number of benzene rings is 1. The number of nitrogens with one attached hydrogen (secondary N) is 1. The van der Waals surface area contributed by atoms with E-state index in [0.717, 1.165) is 0 Å². The van der Waals surface area contributed by atoms with Gasteiger partial charge in [0.2, 0.25) is 0 Å². The monoisotopic (exact) mass is 224 g/mol. The van der Waals surface area contributed by atoms with E-state index in [0.29, 0.717) is 24.7 Å². The molecule has 1 aliphatic rings. The molecular weight excluding hydrogens is 212 g/mol. The van der Waals surface area contributed by atoms with Crippen molar-refractivity contribution in [2.24, 2.45) is 0 Å². The fraction of sp³-hybridized carbons (Fsp3) is 0.400. The molecule has 0 aromatic heterocycles. The second kappa shape index (κ2) is 4.36. The Kier molecular flexibility index (Phi) is 2.91. The first-order valence-corrected chi connectivity index (χ1v) is 4.90. The average molecular weight is 224 g/mol. The van der Waals surface area contributed by atoms with Gasteiger partial charge in [0, 0.05) is 24.9 Å². The number of anilines is 1. The molecule has 16 heavy (non-hydrogen) atoms. The molecule has 1 aliphatic heterocycles. The highest BCUT2D eigenvalue weighted by Gasteiger charge is 2.21. The van der Waals surface area contributed by atoms with E-state index in [1.807, 2.05) is 0 Å². The Morgan fingerprint density at radius 1 is 1.50 bits per heavy atom. The van der Waals surface area contributed by atoms with Gasteiger partial charge in [-0.2, -0.15) is 0 Å². The Morgan fingerprint density at radius 3 is 2.75 bits per heavy atom. The molecule has 0 aliphatic carbocycles. The third-order valence-electron chi connectivity index (χ3n) is 2.30. The Morgan fingerprint density at radius 2 is 2.25 bits per heavy atom. The molecule has 1 aromatic carbocycles. The second-order valence-electron chi connectivity index (χ2n) is 3.50. The third-order valence-corrected chi connectivity index (χ3v) is 2.30. The van der Waals surface area contributed by atoms with Crippen LogP contribution in [0.1, 0.15) is 0 Å². The summed E-state index contributed by atoms with van der Waals surface area (Å²) in [5.41, 5.74) is 0.673. The minimum Gasteiger partial charge on any atom is -0.485 e. The van der Waals surface area contributed by atoms with E-state index < -0.39 is 4.92 Å². The van der Waals surface area contributed by atoms with Gasteiger partial charge >= 0.3 is 0 Å². The van der Waals surface area contributed by atoms with Crippen LogP contribution in [-0.4, -0.2) is 31.3 Å². The van der Waals surface area contributed by atoms with Crippen LogP contribution >= 0.6 is 0 Å². The number of non-ortho nitro benzene ring substituents is 1. The maximum Gasteiger partial charge on any atom is 0.275 e. The van der Waals surface area contributed by atoms with Crippen molar-refractivity contribution < 1.29 is 14.4 Å². The van der Waals surface area contributed by atoms with Gasteiger partial charge in [-0.05, 0) is 0 Å². The van der Waals surface area contributed by atoms with Crippen molar-refractivity contribution in [3.05, 3.63) is 28.3 Å². The standard InChI is InChI=1S/C10H12N2O4/c1-11-7-2-8(12(13)14)4-9(3-7)16-10-5-15-6-10/h2-4,10-11H,5-6H2,1H3. The summed E-state index contributed by atoms with van der Waals surface area (Å²) in [5, 5.41) is 13.5. The number of nitrogens with zero attached hydrogens (tertiary/aromatic N) is 1. The van der Waals surface area contributed by atoms with E-state index in [2.05, 4.69) is 5.32 Å². The van der Waals surface area contributed by atoms with Gasteiger partial charge in [-0.3, -0.25) is 10.1 Å². The summed E-state index contributed by atoms with van der Waals surface area (Å²) in [6.07, 6.45) is 0.00621. The Labute approximate surface area is 92.3 Å². The normalized spacial score (nSPS) is 15.3. The number of hydrogen-bond donors (Lipinski definition) is 1. The lowest BCUT2D eigenvalue weighted by Crippen LogP contribution is -2.38. The molecule has 1 saturated heterocycles. The third kappa shape index (κ3) is 2.22. The summed E-state index contributed by atoms with van der Waals surface area (Å²) in [6.45, 7) is 1.08. The van der Waals surface area contributed by atoms with Crippen molar-refractivity contribution in [3.8, 4) is 5.75 Å². The zero-order valence-electron chi connectivity index (χ0n) is 8.80. The Bertz CT molecular complexity index is 404. The van der Waals surface area contributed by atoms with Gasteiger partial charge in [0.05, 0.1) is 24.2 Å². The minimum atomic E-state index is -0.440. The lowest BCUT2D eigenvalue weighted by atomic mass is 10.2. The summed E-state index contributed by atoms with van der Waals surface area (Å²) >= 11 is 0. The van der Waals surface area contributed by atoms with Crippen LogP contribution < -0.4 is 10.1 Å². The topological polar surface area (TPSA) is 73.6 Å². The highest BCUT2D eigenvalue weighted by Crippen LogP contribution is 2.27. The summed E-state index contributed by atoms with van der Waals surface area (Å²) < 4.78 is 10.5. The molecule has 2 rings (SSSR count). The van der Waals surface area contributed by atoms with Gasteiger partial charge in [-0.15, -0.1) is 0 Å². The highest BCUT2D eigenvalue weighted by atomic mass is 16.6. The molecule has 0 radical (unpaired) electrons. The van der Waals surface area contributed by atoms with Crippen molar-refractivity contribution >= 4 is 11.4 Å². The molecule has 1 N–H and O–H groups in total. The quantitative estimate of drug-likeness (QED) is 0.618. The number of rotatable bonds is 4. The minimum absolute atomic E-state index is 0.00621. The predicted molar refractivity (Wildman–Crippen MR) is 57.9 cm³/mol. The molecule has 1 aromatic rings. The Balaban J connectivity index is 2.21. The van der Waals surface area contributed by atoms with Gasteiger partial charge in [-0.25, -0.2) is 0 Å². The largest absolute Gasteiger partial charge is 0.485 e. The van der Waals surface area contributed by atoms with Crippen molar-refractivity contribution in [3.63, 3.8) is 0 Å². The molecule has 0 bridgehead atoms. The molecule has 1 fully saturated rings. The molecule has 0 unspecified atom stereocenters. The molecule has 0 spiro atoms. The van der Waals surface area contributed by atoms with Crippen LogP contribution in [0.2, 0.25) is 0 Å². The molecule has 86 valence electrons. The van der Waals surface area contributed by atoms with Gasteiger partial charge in [0.15, 0.2) is 0 Å². The summed E-state index contributed by atoms with van der Waals surface area (Å²) in [7, 11) is 1.70. The van der Waals surface area contributed by atoms with Crippen molar-refractivity contribution in [2.45, 2.75) is 6.10 Å². The van der Waals surface area contributed by atoms with E-state index in [-0.39, 0.29) is 11.8 Å². The SMILES string of the molecule is CNc1cc(OC2COC2)cc([N+](=O)[O-])c1. The van der Waals surface area contributed by atoms with Crippen LogP contribution in [0, 0.1) is 10.1 Å². The van der Waals surface area contributed by atoms with Crippen LogP contribution in [0.5, 0.6) is 5.75 Å². The van der Waals surface area contributed by atoms with E-state index >= 15 is 0 Å². The van der Waals surface area contributed by atoms with Gasteiger partial charge < -0.3 is 14.8 Å². The fourth-order valence-electron chi connectivity index (χ4n) is 1.38. The zero-order valence-corrected chi connectivity index (χ0v) is 8.80. The number of nitro benzene ring substituents is 1. The van der Waals surface area contributed by atoms with Crippen molar-refractivity contribution in [1.29, 1.82) is 0 Å². The first-order valence-electron chi connectivity index (χ1n) is 4.90. The van der Waals surface area contributed by atoms with Gasteiger partial charge in [-0.1, -0.05) is 0 Å². The van der Waals surface area contributed by atoms with Gasteiger partial charge in [0.25, 0.3) is 5.69 Å². The molecule has 1 heterocycles. The van der Waals surface area contributed by atoms with E-state index in [1.165, 1.54) is 12.1 Å². The molecule has 6 nitrogen and oxygen atoms in total. The smallest absolute Gasteiger partial charge is 0.275 e. The molecule has 6 heteroatoms. The number of hydrogen-bond acceptors (Lipinski definition) is 5. The summed E-state index contributed by atoms with van der Waals surface area (Å²) in [4.78, 5) is 10.2. The number of ether oxygens (including phenoxy) is 2. The van der Waals surface area contributed by atoms with Crippen LogP contribution in [-0.2, 0) is 4.74 Å². The van der Waals surface area contributed by atoms with Crippen LogP contribution in [0.25, 0.3) is 0 Å². The lowest BCUT2D eigenvalue weighted by Gasteiger charge is -2.26. The van der Waals surface area contributed by atoms with Crippen LogP contribution in [0.15, 0.2) is 18.2 Å². The van der Waals surface area contributed by atoms with E-state index in [1.54, 1.807) is 13.1 Å². The first kappa shape index (κ1) is 10.7. The van der Waals surface area contributed by atoms with Gasteiger partial charge in [0.1, 0.15) is 11.9 Å². The van der Waals surface area contributed by atoms with Crippen LogP contribution in [0.3, 0.4) is 0 Å². The lowest BCUT2D eigenvalue weighted by molar-refractivity contribution is -0.384. The summed E-state index contributed by atoms with van der Waals surface area (Å²) in [6, 6.07) is 4.61. The summed E-state index contributed by atoms with van der Waals surface area (Å²) in [5.74, 6) is 0.492. The van der Waals surface area contributed by atoms with Crippen molar-refractivity contribution in [2.75, 3.05) is 25.6 Å².